The van der Waals surface area contributed by atoms with E-state index in [0.717, 1.165) is 58.6 Å². The van der Waals surface area contributed by atoms with Crippen LogP contribution in [0.3, 0.4) is 0 Å². The van der Waals surface area contributed by atoms with E-state index in [9.17, 15) is 9.90 Å². The van der Waals surface area contributed by atoms with Crippen molar-refractivity contribution >= 4 is 17.2 Å². The van der Waals surface area contributed by atoms with Crippen LogP contribution in [0, 0.1) is 6.92 Å². The van der Waals surface area contributed by atoms with Crippen LogP contribution in [0.15, 0.2) is 60.9 Å². The highest BCUT2D eigenvalue weighted by Gasteiger charge is 2.38. The number of carbonyl (C=O) groups excluding carboxylic acids is 1. The fourth-order valence-corrected chi connectivity index (χ4v) is 6.08. The fourth-order valence-electron chi connectivity index (χ4n) is 6.08. The van der Waals surface area contributed by atoms with Crippen LogP contribution in [-0.4, -0.2) is 42.9 Å². The summed E-state index contributed by atoms with van der Waals surface area (Å²) in [5, 5.41) is 11.4. The summed E-state index contributed by atoms with van der Waals surface area (Å²) < 4.78 is 2.04. The molecule has 7 heteroatoms. The third-order valence-corrected chi connectivity index (χ3v) is 8.08. The summed E-state index contributed by atoms with van der Waals surface area (Å²) in [5.41, 5.74) is 10.4. The van der Waals surface area contributed by atoms with Crippen molar-refractivity contribution in [3.63, 3.8) is 0 Å². The Morgan fingerprint density at radius 1 is 1.08 bits per heavy atom. The van der Waals surface area contributed by atoms with Crippen LogP contribution in [-0.2, 0) is 10.4 Å². The maximum atomic E-state index is 12.4. The maximum Gasteiger partial charge on any atom is 0.222 e. The molecular weight excluding hydrogens is 450 g/mol. The Bertz CT molecular complexity index is 1460. The largest absolute Gasteiger partial charge is 0.382 e. The summed E-state index contributed by atoms with van der Waals surface area (Å²) in [4.78, 5) is 23.9. The number of imidazole rings is 1. The van der Waals surface area contributed by atoms with Crippen LogP contribution in [0.1, 0.15) is 61.0 Å². The number of carbonyl (C=O) groups is 1. The van der Waals surface area contributed by atoms with Crippen molar-refractivity contribution in [2.24, 2.45) is 0 Å². The first-order valence-corrected chi connectivity index (χ1v) is 12.7. The molecule has 184 valence electrons. The number of benzene rings is 2. The summed E-state index contributed by atoms with van der Waals surface area (Å²) in [6.07, 6.45) is 7.23. The molecular formula is C29H31N5O2. The van der Waals surface area contributed by atoms with Gasteiger partial charge in [0.2, 0.25) is 5.91 Å². The van der Waals surface area contributed by atoms with Gasteiger partial charge in [0.15, 0.2) is 0 Å². The number of nitrogens with two attached hydrogens (primary N) is 1. The number of hydrogen-bond donors (Lipinski definition) is 2. The molecule has 3 atom stereocenters. The molecule has 0 radical (unpaired) electrons. The second-order valence-electron chi connectivity index (χ2n) is 10.3. The summed E-state index contributed by atoms with van der Waals surface area (Å²) in [5.74, 6) is 1.74. The molecule has 2 aliphatic rings. The smallest absolute Gasteiger partial charge is 0.222 e. The van der Waals surface area contributed by atoms with Crippen molar-refractivity contribution in [1.29, 1.82) is 0 Å². The number of fused-ring (bicyclic) bond motifs is 2. The molecule has 2 saturated heterocycles. The van der Waals surface area contributed by atoms with Crippen molar-refractivity contribution in [3.8, 4) is 11.3 Å². The van der Waals surface area contributed by atoms with Crippen molar-refractivity contribution in [1.82, 2.24) is 19.3 Å². The number of anilines is 1. The third kappa shape index (κ3) is 3.57. The Hall–Kier alpha value is -3.71. The van der Waals surface area contributed by atoms with Crippen molar-refractivity contribution in [3.05, 3.63) is 83.4 Å². The highest BCUT2D eigenvalue weighted by atomic mass is 16.3. The molecule has 0 spiro atoms. The monoisotopic (exact) mass is 481 g/mol. The van der Waals surface area contributed by atoms with Gasteiger partial charge in [0.1, 0.15) is 28.5 Å². The first-order chi connectivity index (χ1) is 17.3. The minimum atomic E-state index is -1.12. The lowest BCUT2D eigenvalue weighted by atomic mass is 9.85. The van der Waals surface area contributed by atoms with Crippen LogP contribution in [0.25, 0.3) is 16.8 Å². The number of amides is 1. The second-order valence-corrected chi connectivity index (χ2v) is 10.3. The van der Waals surface area contributed by atoms with Crippen LogP contribution >= 0.6 is 0 Å². The molecule has 0 aliphatic carbocycles. The number of hydrogen-bond acceptors (Lipinski definition) is 5. The number of piperidine rings is 1. The zero-order valence-corrected chi connectivity index (χ0v) is 20.7. The Morgan fingerprint density at radius 2 is 1.86 bits per heavy atom. The summed E-state index contributed by atoms with van der Waals surface area (Å²) >= 11 is 0. The molecule has 0 bridgehead atoms. The van der Waals surface area contributed by atoms with Crippen LogP contribution < -0.4 is 5.73 Å². The van der Waals surface area contributed by atoms with Crippen LogP contribution in [0.5, 0.6) is 0 Å². The molecule has 2 aliphatic heterocycles. The van der Waals surface area contributed by atoms with Gasteiger partial charge < -0.3 is 15.7 Å². The summed E-state index contributed by atoms with van der Waals surface area (Å²) in [6, 6.07) is 16.1. The van der Waals surface area contributed by atoms with E-state index in [1.165, 1.54) is 0 Å². The molecule has 36 heavy (non-hydrogen) atoms. The van der Waals surface area contributed by atoms with E-state index < -0.39 is 5.60 Å². The predicted molar refractivity (Wildman–Crippen MR) is 139 cm³/mol. The lowest BCUT2D eigenvalue weighted by Crippen LogP contribution is -2.41. The molecule has 2 aromatic heterocycles. The highest BCUT2D eigenvalue weighted by Crippen LogP contribution is 2.39. The standard InChI is InChI=1S/C29H31N5O2/c1-18-5-3-4-6-23(18)29(2,36)21-10-7-19(8-11-21)25-26-27(30)31-15-16-33(26)28(32-25)20-9-12-22-13-14-24(35)34(22)17-20/h3-8,10-11,15-16,20,22,36H,9,12-14,17H2,1-2H3,(H2,30,31)/t20-,22+,29?/m1/s1. The van der Waals surface area contributed by atoms with E-state index in [-0.39, 0.29) is 11.8 Å². The number of aromatic nitrogens is 3. The molecule has 4 aromatic rings. The van der Waals surface area contributed by atoms with E-state index in [1.54, 1.807) is 6.20 Å². The SMILES string of the molecule is Cc1ccccc1C(C)(O)c1ccc(-c2nc([C@@H]3CC[C@H]4CCC(=O)N4C3)n3ccnc(N)c23)cc1. The predicted octanol–water partition coefficient (Wildman–Crippen LogP) is 4.41. The number of nitrogen functional groups attached to an aromatic ring is 1. The minimum absolute atomic E-state index is 0.146. The Morgan fingerprint density at radius 3 is 2.64 bits per heavy atom. The van der Waals surface area contributed by atoms with Gasteiger partial charge in [-0.1, -0.05) is 48.5 Å². The van der Waals surface area contributed by atoms with E-state index in [1.807, 2.05) is 77.9 Å². The second kappa shape index (κ2) is 8.45. The van der Waals surface area contributed by atoms with Crippen molar-refractivity contribution in [2.45, 2.75) is 57.1 Å². The first-order valence-electron chi connectivity index (χ1n) is 12.7. The van der Waals surface area contributed by atoms with E-state index in [4.69, 9.17) is 10.7 Å². The van der Waals surface area contributed by atoms with Crippen LogP contribution in [0.4, 0.5) is 5.82 Å². The van der Waals surface area contributed by atoms with Crippen molar-refractivity contribution < 1.29 is 9.90 Å². The average molecular weight is 482 g/mol. The zero-order valence-electron chi connectivity index (χ0n) is 20.7. The molecule has 1 unspecified atom stereocenters. The summed E-state index contributed by atoms with van der Waals surface area (Å²) in [7, 11) is 0. The first kappa shape index (κ1) is 22.7. The molecule has 1 amide bonds. The number of rotatable bonds is 4. The molecule has 0 saturated carbocycles. The molecule has 3 N–H and O–H groups in total. The van der Waals surface area contributed by atoms with E-state index >= 15 is 0 Å². The van der Waals surface area contributed by atoms with Crippen molar-refractivity contribution in [2.75, 3.05) is 12.3 Å². The van der Waals surface area contributed by atoms with E-state index in [0.29, 0.717) is 24.8 Å². The van der Waals surface area contributed by atoms with Gasteiger partial charge in [-0.2, -0.15) is 0 Å². The highest BCUT2D eigenvalue weighted by molar-refractivity contribution is 5.85. The van der Waals surface area contributed by atoms with Gasteiger partial charge in [-0.3, -0.25) is 9.20 Å². The van der Waals surface area contributed by atoms with Gasteiger partial charge >= 0.3 is 0 Å². The van der Waals surface area contributed by atoms with Gasteiger partial charge in [-0.15, -0.1) is 0 Å². The van der Waals surface area contributed by atoms with Gasteiger partial charge in [0.25, 0.3) is 0 Å². The normalized spacial score (nSPS) is 21.5. The van der Waals surface area contributed by atoms with Gasteiger partial charge in [0, 0.05) is 42.9 Å². The molecule has 7 nitrogen and oxygen atoms in total. The Kier molecular flexibility index (Phi) is 5.34. The Balaban J connectivity index is 1.39. The van der Waals surface area contributed by atoms with E-state index in [2.05, 4.69) is 4.98 Å². The minimum Gasteiger partial charge on any atom is -0.382 e. The van der Waals surface area contributed by atoms with Gasteiger partial charge in [-0.05, 0) is 49.8 Å². The number of aliphatic hydroxyl groups is 1. The van der Waals surface area contributed by atoms with Gasteiger partial charge in [-0.25, -0.2) is 9.97 Å². The average Bonchev–Trinajstić information content (AvgIpc) is 3.46. The third-order valence-electron chi connectivity index (χ3n) is 8.08. The zero-order chi connectivity index (χ0) is 25.0. The fraction of sp³-hybridized carbons (Fsp3) is 0.345. The topological polar surface area (TPSA) is 96.8 Å². The van der Waals surface area contributed by atoms with Crippen LogP contribution in [0.2, 0.25) is 0 Å². The summed E-state index contributed by atoms with van der Waals surface area (Å²) in [6.45, 7) is 4.53. The molecule has 2 aromatic carbocycles. The Labute approximate surface area is 210 Å². The number of aryl methyl sites for hydroxylation is 1. The molecule has 6 rings (SSSR count). The quantitative estimate of drug-likeness (QED) is 0.450. The van der Waals surface area contributed by atoms with Gasteiger partial charge in [0.05, 0.1) is 0 Å². The lowest BCUT2D eigenvalue weighted by Gasteiger charge is -2.34. The molecule has 4 heterocycles. The number of nitrogens with zero attached hydrogens (tertiary/aromatic N) is 4. The molecule has 2 fully saturated rings. The lowest BCUT2D eigenvalue weighted by molar-refractivity contribution is -0.130. The maximum absolute atomic E-state index is 12.4.